The van der Waals surface area contributed by atoms with E-state index in [1.807, 2.05) is 0 Å². The second-order valence-electron chi connectivity index (χ2n) is 14.9. The maximum Gasteiger partial charge on any atom is 0.0462 e. The molecule has 0 heterocycles. The highest BCUT2D eigenvalue weighted by Gasteiger charge is 2.14. The first-order valence-electron chi connectivity index (χ1n) is 20.5. The largest absolute Gasteiger partial charge is 0.311 e. The van der Waals surface area contributed by atoms with Gasteiger partial charge in [-0.1, -0.05) is 193 Å². The molecular formula is C58H48N2. The van der Waals surface area contributed by atoms with Gasteiger partial charge >= 0.3 is 0 Å². The molecule has 0 aromatic heterocycles. The predicted octanol–water partition coefficient (Wildman–Crippen LogP) is 16.4. The van der Waals surface area contributed by atoms with E-state index >= 15 is 0 Å². The van der Waals surface area contributed by atoms with E-state index in [2.05, 4.69) is 279 Å². The SMILES string of the molecule is Cc1ccc(/C=C/C=C/c2ccc(N(c3ccccc3)c3ccc(-c4ccc(N(c5ccccc5)c5ccc(/C=C/C=C/c6ccc(C)cc6)cc5)cc4)cc3)cc2)cc1. The summed E-state index contributed by atoms with van der Waals surface area (Å²) in [4.78, 5) is 4.61. The summed E-state index contributed by atoms with van der Waals surface area (Å²) in [6, 6.07) is 73.4. The lowest BCUT2D eigenvalue weighted by Crippen LogP contribution is -2.10. The molecule has 0 atom stereocenters. The molecule has 0 saturated carbocycles. The zero-order valence-electron chi connectivity index (χ0n) is 34.1. The summed E-state index contributed by atoms with van der Waals surface area (Å²) >= 11 is 0. The van der Waals surface area contributed by atoms with Crippen molar-refractivity contribution in [3.8, 4) is 11.1 Å². The van der Waals surface area contributed by atoms with Gasteiger partial charge in [0.1, 0.15) is 0 Å². The minimum absolute atomic E-state index is 1.10. The van der Waals surface area contributed by atoms with Crippen LogP contribution in [0, 0.1) is 13.8 Å². The summed E-state index contributed by atoms with van der Waals surface area (Å²) in [5.41, 5.74) is 16.2. The number of anilines is 6. The minimum atomic E-state index is 1.10. The van der Waals surface area contributed by atoms with Crippen LogP contribution in [-0.2, 0) is 0 Å². The Morgan fingerprint density at radius 3 is 0.767 bits per heavy atom. The molecule has 8 aromatic rings. The maximum absolute atomic E-state index is 2.30. The van der Waals surface area contributed by atoms with Crippen LogP contribution >= 0.6 is 0 Å². The monoisotopic (exact) mass is 772 g/mol. The standard InChI is InChI=1S/C58H48N2/c1-45-21-25-47(26-22-45)13-9-11-15-49-29-37-55(38-30-49)59(53-17-5-3-6-18-53)57-41-33-51(34-42-57)52-35-43-58(44-36-52)60(54-19-7-4-8-20-54)56-39-31-50(32-40-56)16-12-10-14-48-27-23-46(2)24-28-48/h3-44H,1-2H3/b13-9+,14-10+,15-11+,16-12+. The van der Waals surface area contributed by atoms with Gasteiger partial charge in [0, 0.05) is 34.1 Å². The molecule has 0 aliphatic carbocycles. The molecular weight excluding hydrogens is 725 g/mol. The van der Waals surface area contributed by atoms with Crippen molar-refractivity contribution in [2.45, 2.75) is 13.8 Å². The fourth-order valence-electron chi connectivity index (χ4n) is 7.15. The Bertz CT molecular complexity index is 2490. The molecule has 8 rings (SSSR count). The van der Waals surface area contributed by atoms with Gasteiger partial charge in [-0.2, -0.15) is 0 Å². The van der Waals surface area contributed by atoms with Crippen molar-refractivity contribution in [3.05, 3.63) is 264 Å². The van der Waals surface area contributed by atoms with Crippen LogP contribution < -0.4 is 9.80 Å². The average Bonchev–Trinajstić information content (AvgIpc) is 3.30. The molecule has 2 nitrogen and oxygen atoms in total. The Labute approximate surface area is 355 Å². The molecule has 0 aliphatic rings. The van der Waals surface area contributed by atoms with Crippen molar-refractivity contribution in [1.29, 1.82) is 0 Å². The Morgan fingerprint density at radius 2 is 0.483 bits per heavy atom. The van der Waals surface area contributed by atoms with Crippen molar-refractivity contribution < 1.29 is 0 Å². The highest BCUT2D eigenvalue weighted by molar-refractivity contribution is 5.81. The van der Waals surface area contributed by atoms with Crippen molar-refractivity contribution in [3.63, 3.8) is 0 Å². The Balaban J connectivity index is 0.984. The van der Waals surface area contributed by atoms with Crippen LogP contribution in [0.25, 0.3) is 35.4 Å². The van der Waals surface area contributed by atoms with Crippen LogP contribution in [0.2, 0.25) is 0 Å². The van der Waals surface area contributed by atoms with Crippen molar-refractivity contribution in [2.75, 3.05) is 9.80 Å². The first kappa shape index (κ1) is 39.2. The third kappa shape index (κ3) is 10.1. The van der Waals surface area contributed by atoms with Crippen LogP contribution in [0.3, 0.4) is 0 Å². The van der Waals surface area contributed by atoms with Gasteiger partial charge in [0.15, 0.2) is 0 Å². The summed E-state index contributed by atoms with van der Waals surface area (Å²) in [5.74, 6) is 0. The van der Waals surface area contributed by atoms with E-state index in [0.717, 1.165) is 56.4 Å². The van der Waals surface area contributed by atoms with Gasteiger partial charge in [0.25, 0.3) is 0 Å². The third-order valence-electron chi connectivity index (χ3n) is 10.4. The van der Waals surface area contributed by atoms with Crippen LogP contribution in [0.1, 0.15) is 33.4 Å². The molecule has 290 valence electrons. The molecule has 0 bridgehead atoms. The topological polar surface area (TPSA) is 6.48 Å². The molecule has 0 saturated heterocycles. The second kappa shape index (κ2) is 19.2. The molecule has 0 fully saturated rings. The lowest BCUT2D eigenvalue weighted by atomic mass is 10.0. The molecule has 0 unspecified atom stereocenters. The fraction of sp³-hybridized carbons (Fsp3) is 0.0345. The van der Waals surface area contributed by atoms with Crippen molar-refractivity contribution >= 4 is 58.4 Å². The van der Waals surface area contributed by atoms with Gasteiger partial charge in [0.05, 0.1) is 0 Å². The van der Waals surface area contributed by atoms with Gasteiger partial charge in [-0.25, -0.2) is 0 Å². The summed E-state index contributed by atoms with van der Waals surface area (Å²) in [6.07, 6.45) is 16.9. The van der Waals surface area contributed by atoms with Gasteiger partial charge in [-0.3, -0.25) is 0 Å². The Morgan fingerprint density at radius 1 is 0.250 bits per heavy atom. The number of allylic oxidation sites excluding steroid dienone is 4. The van der Waals surface area contributed by atoms with Crippen molar-refractivity contribution in [2.24, 2.45) is 0 Å². The number of aryl methyl sites for hydroxylation is 2. The van der Waals surface area contributed by atoms with Crippen LogP contribution in [0.4, 0.5) is 34.1 Å². The van der Waals surface area contributed by atoms with E-state index in [4.69, 9.17) is 0 Å². The highest BCUT2D eigenvalue weighted by atomic mass is 15.1. The second-order valence-corrected chi connectivity index (χ2v) is 14.9. The van der Waals surface area contributed by atoms with Crippen LogP contribution in [-0.4, -0.2) is 0 Å². The first-order chi connectivity index (χ1) is 29.6. The fourth-order valence-corrected chi connectivity index (χ4v) is 7.15. The van der Waals surface area contributed by atoms with E-state index in [1.54, 1.807) is 0 Å². The van der Waals surface area contributed by atoms with Gasteiger partial charge in [-0.05, 0) is 120 Å². The quantitative estimate of drug-likeness (QED) is 0.108. The predicted molar refractivity (Wildman–Crippen MR) is 260 cm³/mol. The molecule has 0 amide bonds. The van der Waals surface area contributed by atoms with Gasteiger partial charge in [-0.15, -0.1) is 0 Å². The Kier molecular flexibility index (Phi) is 12.5. The smallest absolute Gasteiger partial charge is 0.0462 e. The lowest BCUT2D eigenvalue weighted by Gasteiger charge is -2.26. The van der Waals surface area contributed by atoms with Crippen molar-refractivity contribution in [1.82, 2.24) is 0 Å². The number of benzene rings is 8. The maximum atomic E-state index is 2.30. The van der Waals surface area contributed by atoms with Crippen LogP contribution in [0.5, 0.6) is 0 Å². The first-order valence-corrected chi connectivity index (χ1v) is 20.5. The number of hydrogen-bond acceptors (Lipinski definition) is 2. The van der Waals surface area contributed by atoms with E-state index < -0.39 is 0 Å². The van der Waals surface area contributed by atoms with E-state index in [0.29, 0.717) is 0 Å². The Hall–Kier alpha value is -7.68. The minimum Gasteiger partial charge on any atom is -0.311 e. The highest BCUT2D eigenvalue weighted by Crippen LogP contribution is 2.38. The third-order valence-corrected chi connectivity index (χ3v) is 10.4. The van der Waals surface area contributed by atoms with Crippen LogP contribution in [0.15, 0.2) is 231 Å². The van der Waals surface area contributed by atoms with Gasteiger partial charge in [0.2, 0.25) is 0 Å². The van der Waals surface area contributed by atoms with Gasteiger partial charge < -0.3 is 9.80 Å². The lowest BCUT2D eigenvalue weighted by molar-refractivity contribution is 1.28. The number of rotatable bonds is 13. The molecule has 60 heavy (non-hydrogen) atoms. The zero-order chi connectivity index (χ0) is 40.9. The normalized spacial score (nSPS) is 11.6. The molecule has 2 heteroatoms. The summed E-state index contributed by atoms with van der Waals surface area (Å²) in [5, 5.41) is 0. The zero-order valence-corrected chi connectivity index (χ0v) is 34.1. The summed E-state index contributed by atoms with van der Waals surface area (Å²) in [6.45, 7) is 4.22. The van der Waals surface area contributed by atoms with E-state index in [9.17, 15) is 0 Å². The summed E-state index contributed by atoms with van der Waals surface area (Å²) in [7, 11) is 0. The number of para-hydroxylation sites is 2. The number of nitrogens with zero attached hydrogens (tertiary/aromatic N) is 2. The average molecular weight is 773 g/mol. The van der Waals surface area contributed by atoms with E-state index in [-0.39, 0.29) is 0 Å². The molecule has 0 N–H and O–H groups in total. The molecule has 0 aliphatic heterocycles. The summed E-state index contributed by atoms with van der Waals surface area (Å²) < 4.78 is 0. The number of hydrogen-bond donors (Lipinski definition) is 0. The molecule has 8 aromatic carbocycles. The van der Waals surface area contributed by atoms with E-state index in [1.165, 1.54) is 22.3 Å². The molecule has 0 radical (unpaired) electrons. The molecule has 0 spiro atoms.